The quantitative estimate of drug-likeness (QED) is 0.558. The zero-order valence-electron chi connectivity index (χ0n) is 15.0. The van der Waals surface area contributed by atoms with E-state index >= 15 is 0 Å². The minimum absolute atomic E-state index is 0.316. The molecule has 0 fully saturated rings. The fourth-order valence-corrected chi connectivity index (χ4v) is 3.36. The van der Waals surface area contributed by atoms with Gasteiger partial charge in [0, 0.05) is 26.2 Å². The van der Waals surface area contributed by atoms with Crippen molar-refractivity contribution in [3.05, 3.63) is 51.2 Å². The second-order valence-electron chi connectivity index (χ2n) is 6.41. The summed E-state index contributed by atoms with van der Waals surface area (Å²) in [6.07, 6.45) is 1.89. The van der Waals surface area contributed by atoms with Crippen LogP contribution in [-0.4, -0.2) is 28.3 Å². The van der Waals surface area contributed by atoms with E-state index in [1.54, 1.807) is 7.05 Å². The van der Waals surface area contributed by atoms with Crippen LogP contribution in [0.25, 0.3) is 28.3 Å². The van der Waals surface area contributed by atoms with Gasteiger partial charge < -0.3 is 4.57 Å². The Morgan fingerprint density at radius 3 is 2.42 bits per heavy atom. The third kappa shape index (κ3) is 2.15. The van der Waals surface area contributed by atoms with Gasteiger partial charge in [0.05, 0.1) is 0 Å². The summed E-state index contributed by atoms with van der Waals surface area (Å²) < 4.78 is 6.31. The molecule has 3 heterocycles. The molecule has 4 rings (SSSR count). The van der Waals surface area contributed by atoms with Crippen LogP contribution >= 0.6 is 0 Å². The highest BCUT2D eigenvalue weighted by Crippen LogP contribution is 2.24. The Hall–Kier alpha value is -3.16. The summed E-state index contributed by atoms with van der Waals surface area (Å²) in [4.78, 5) is 25.4. The second kappa shape index (κ2) is 5.98. The van der Waals surface area contributed by atoms with Crippen molar-refractivity contribution < 1.29 is 0 Å². The molecule has 26 heavy (non-hydrogen) atoms. The average Bonchev–Trinajstić information content (AvgIpc) is 3.22. The molecule has 0 aliphatic heterocycles. The molecule has 0 atom stereocenters. The van der Waals surface area contributed by atoms with Gasteiger partial charge in [-0.05, 0) is 6.42 Å². The van der Waals surface area contributed by atoms with E-state index in [0.29, 0.717) is 29.3 Å². The van der Waals surface area contributed by atoms with E-state index in [0.717, 1.165) is 23.0 Å². The van der Waals surface area contributed by atoms with Gasteiger partial charge in [-0.25, -0.2) is 9.20 Å². The van der Waals surface area contributed by atoms with E-state index in [1.807, 2.05) is 39.3 Å². The first kappa shape index (κ1) is 16.3. The van der Waals surface area contributed by atoms with Crippen LogP contribution in [0, 0.1) is 0 Å². The molecule has 8 nitrogen and oxygen atoms in total. The second-order valence-corrected chi connectivity index (χ2v) is 6.41. The number of hydrogen-bond donors (Lipinski definition) is 0. The smallest absolute Gasteiger partial charge is 0.302 e. The van der Waals surface area contributed by atoms with Crippen molar-refractivity contribution in [1.82, 2.24) is 28.3 Å². The van der Waals surface area contributed by atoms with Crippen molar-refractivity contribution in [1.29, 1.82) is 0 Å². The number of rotatable bonds is 4. The number of unbranched alkanes of at least 4 members (excludes halogenated alkanes) is 1. The Labute approximate surface area is 148 Å². The number of aromatic nitrogens is 6. The Kier molecular flexibility index (Phi) is 3.75. The predicted molar refractivity (Wildman–Crippen MR) is 99.3 cm³/mol. The van der Waals surface area contributed by atoms with Gasteiger partial charge >= 0.3 is 5.69 Å². The lowest BCUT2D eigenvalue weighted by atomic mass is 10.2. The maximum absolute atomic E-state index is 12.9. The molecule has 0 spiro atoms. The lowest BCUT2D eigenvalue weighted by Gasteiger charge is -2.07. The van der Waals surface area contributed by atoms with Crippen molar-refractivity contribution in [3.63, 3.8) is 0 Å². The first-order valence-electron chi connectivity index (χ1n) is 8.65. The topological polar surface area (TPSA) is 79.1 Å². The zero-order chi connectivity index (χ0) is 18.4. The van der Waals surface area contributed by atoms with Gasteiger partial charge in [-0.1, -0.05) is 43.7 Å². The zero-order valence-corrected chi connectivity index (χ0v) is 15.0. The maximum atomic E-state index is 12.9. The number of hydrogen-bond acceptors (Lipinski definition) is 4. The van der Waals surface area contributed by atoms with Crippen molar-refractivity contribution >= 4 is 16.9 Å². The molecule has 0 N–H and O–H groups in total. The minimum atomic E-state index is -0.371. The third-order valence-electron chi connectivity index (χ3n) is 4.75. The number of fused-ring (bicyclic) bond motifs is 3. The molecular weight excluding hydrogens is 332 g/mol. The summed E-state index contributed by atoms with van der Waals surface area (Å²) in [7, 11) is 3.17. The number of imidazole rings is 1. The van der Waals surface area contributed by atoms with Crippen LogP contribution in [0.4, 0.5) is 0 Å². The van der Waals surface area contributed by atoms with Crippen LogP contribution in [0.5, 0.6) is 0 Å². The number of aryl methyl sites for hydroxylation is 2. The van der Waals surface area contributed by atoms with Gasteiger partial charge in [-0.3, -0.25) is 13.9 Å². The Balaban J connectivity index is 2.21. The average molecular weight is 352 g/mol. The molecule has 3 aromatic heterocycles. The summed E-state index contributed by atoms with van der Waals surface area (Å²) in [6.45, 7) is 2.74. The molecule has 1 aromatic carbocycles. The molecule has 0 unspecified atom stereocenters. The summed E-state index contributed by atoms with van der Waals surface area (Å²) >= 11 is 0. The van der Waals surface area contributed by atoms with Gasteiger partial charge in [0.25, 0.3) is 5.56 Å². The predicted octanol–water partition coefficient (Wildman–Crippen LogP) is 1.55. The van der Waals surface area contributed by atoms with Crippen molar-refractivity contribution in [2.24, 2.45) is 14.1 Å². The highest BCUT2D eigenvalue weighted by Gasteiger charge is 2.23. The Morgan fingerprint density at radius 1 is 1.00 bits per heavy atom. The van der Waals surface area contributed by atoms with Crippen molar-refractivity contribution in [2.45, 2.75) is 26.3 Å². The van der Waals surface area contributed by atoms with E-state index < -0.39 is 0 Å². The largest absolute Gasteiger partial charge is 0.332 e. The van der Waals surface area contributed by atoms with E-state index in [1.165, 1.54) is 11.6 Å². The van der Waals surface area contributed by atoms with E-state index in [2.05, 4.69) is 17.1 Å². The van der Waals surface area contributed by atoms with Crippen LogP contribution in [-0.2, 0) is 20.6 Å². The van der Waals surface area contributed by atoms with Gasteiger partial charge in [0.1, 0.15) is 0 Å². The van der Waals surface area contributed by atoms with E-state index in [4.69, 9.17) is 0 Å². The Morgan fingerprint density at radius 2 is 1.73 bits per heavy atom. The van der Waals surface area contributed by atoms with Crippen LogP contribution in [0.2, 0.25) is 0 Å². The fourth-order valence-electron chi connectivity index (χ4n) is 3.36. The van der Waals surface area contributed by atoms with Gasteiger partial charge in [-0.15, -0.1) is 10.2 Å². The van der Waals surface area contributed by atoms with Crippen LogP contribution < -0.4 is 11.2 Å². The van der Waals surface area contributed by atoms with E-state index in [9.17, 15) is 9.59 Å². The number of nitrogens with zero attached hydrogens (tertiary/aromatic N) is 6. The molecule has 0 amide bonds. The highest BCUT2D eigenvalue weighted by atomic mass is 16.2. The molecule has 4 aromatic rings. The molecule has 0 bridgehead atoms. The molecule has 0 aliphatic rings. The molecule has 134 valence electrons. The minimum Gasteiger partial charge on any atom is -0.302 e. The first-order chi connectivity index (χ1) is 12.6. The van der Waals surface area contributed by atoms with Gasteiger partial charge in [0.2, 0.25) is 5.78 Å². The monoisotopic (exact) mass is 352 g/mol. The standard InChI is InChI=1S/C18H20N6O2/c1-4-5-11-23-13-15(21(2)18(26)22(3)16(13)25)24-14(19-20-17(23)24)12-9-7-6-8-10-12/h6-10H,4-5,11H2,1-3H3. The highest BCUT2D eigenvalue weighted by molar-refractivity contribution is 5.79. The molecular formula is C18H20N6O2. The Bertz CT molecular complexity index is 1230. The molecule has 0 saturated heterocycles. The molecule has 0 aliphatic carbocycles. The van der Waals surface area contributed by atoms with E-state index in [-0.39, 0.29) is 11.2 Å². The lowest BCUT2D eigenvalue weighted by Crippen LogP contribution is -2.37. The lowest BCUT2D eigenvalue weighted by molar-refractivity contribution is 0.646. The summed E-state index contributed by atoms with van der Waals surface area (Å²) in [5.41, 5.74) is 1.19. The summed E-state index contributed by atoms with van der Waals surface area (Å²) in [6, 6.07) is 9.64. The van der Waals surface area contributed by atoms with Crippen LogP contribution in [0.1, 0.15) is 19.8 Å². The van der Waals surface area contributed by atoms with Crippen LogP contribution in [0.3, 0.4) is 0 Å². The van der Waals surface area contributed by atoms with Gasteiger partial charge in [0.15, 0.2) is 17.0 Å². The molecule has 8 heteroatoms. The number of benzene rings is 1. The SMILES string of the molecule is CCCCn1c2c(=O)n(C)c(=O)n(C)c2n2c(-c3ccccc3)nnc12. The molecule has 0 saturated carbocycles. The van der Waals surface area contributed by atoms with Gasteiger partial charge in [-0.2, -0.15) is 0 Å². The van der Waals surface area contributed by atoms with Crippen molar-refractivity contribution in [3.8, 4) is 11.4 Å². The van der Waals surface area contributed by atoms with Crippen molar-refractivity contribution in [2.75, 3.05) is 0 Å². The third-order valence-corrected chi connectivity index (χ3v) is 4.75. The first-order valence-corrected chi connectivity index (χ1v) is 8.65. The summed E-state index contributed by atoms with van der Waals surface area (Å²) in [5, 5.41) is 8.67. The fraction of sp³-hybridized carbons (Fsp3) is 0.333. The maximum Gasteiger partial charge on any atom is 0.332 e. The molecule has 0 radical (unpaired) electrons. The van der Waals surface area contributed by atoms with Crippen LogP contribution in [0.15, 0.2) is 39.9 Å². The normalized spacial score (nSPS) is 11.7. The summed E-state index contributed by atoms with van der Waals surface area (Å²) in [5.74, 6) is 1.19.